The molecule has 1 aliphatic carbocycles. The molecule has 64 valence electrons. The Hall–Kier alpha value is -0.240. The van der Waals surface area contributed by atoms with Gasteiger partial charge in [0.2, 0.25) is 0 Å². The number of carbonyl (C=O) groups excluding carboxylic acids is 1. The smallest absolute Gasteiger partial charge is 0.328 e. The van der Waals surface area contributed by atoms with Gasteiger partial charge in [-0.3, -0.25) is 4.79 Å². The topological polar surface area (TPSA) is 26.3 Å². The van der Waals surface area contributed by atoms with Gasteiger partial charge in [0.1, 0.15) is 11.9 Å². The van der Waals surface area contributed by atoms with Gasteiger partial charge in [-0.05, 0) is 18.8 Å². The molecule has 0 N–H and O–H groups in total. The third kappa shape index (κ3) is 2.09. The quantitative estimate of drug-likeness (QED) is 0.614. The number of halogens is 1. The third-order valence-corrected chi connectivity index (χ3v) is 2.64. The van der Waals surface area contributed by atoms with Gasteiger partial charge in [0.05, 0.1) is 5.92 Å². The fraction of sp³-hybridized carbons (Fsp3) is 0.875. The highest BCUT2D eigenvalue weighted by atomic mass is 35.5. The van der Waals surface area contributed by atoms with Crippen LogP contribution in [-0.2, 0) is 9.08 Å². The van der Waals surface area contributed by atoms with Gasteiger partial charge < -0.3 is 4.29 Å². The lowest BCUT2D eigenvalue weighted by Crippen LogP contribution is -2.25. The van der Waals surface area contributed by atoms with E-state index in [0.29, 0.717) is 5.92 Å². The molecule has 2 atom stereocenters. The molecule has 1 rings (SSSR count). The normalized spacial score (nSPS) is 31.5. The summed E-state index contributed by atoms with van der Waals surface area (Å²) in [5, 5.41) is 0. The standard InChI is InChI=1S/C8H13ClO2/c1-6-4-2-3-5-7(6)8(10)11-9/h6-7H,2-5H2,1H3. The molecule has 0 aromatic rings. The summed E-state index contributed by atoms with van der Waals surface area (Å²) in [6.45, 7) is 2.08. The molecule has 0 aliphatic heterocycles. The van der Waals surface area contributed by atoms with Gasteiger partial charge in [-0.25, -0.2) is 0 Å². The van der Waals surface area contributed by atoms with Gasteiger partial charge in [-0.2, -0.15) is 0 Å². The van der Waals surface area contributed by atoms with Gasteiger partial charge in [0.15, 0.2) is 0 Å². The summed E-state index contributed by atoms with van der Waals surface area (Å²) < 4.78 is 4.19. The maximum atomic E-state index is 11.0. The van der Waals surface area contributed by atoms with Gasteiger partial charge >= 0.3 is 5.97 Å². The first kappa shape index (κ1) is 8.85. The second-order valence-corrected chi connectivity index (χ2v) is 3.42. The summed E-state index contributed by atoms with van der Waals surface area (Å²) in [5.74, 6) is 0.232. The minimum atomic E-state index is -0.251. The molecule has 0 radical (unpaired) electrons. The van der Waals surface area contributed by atoms with Crippen molar-refractivity contribution in [2.75, 3.05) is 0 Å². The molecule has 0 amide bonds. The summed E-state index contributed by atoms with van der Waals surface area (Å²) >= 11 is 5.00. The van der Waals surface area contributed by atoms with Crippen LogP contribution in [0.1, 0.15) is 32.6 Å². The minimum Gasteiger partial charge on any atom is -0.347 e. The summed E-state index contributed by atoms with van der Waals surface area (Å²) in [6, 6.07) is 0. The van der Waals surface area contributed by atoms with Crippen molar-refractivity contribution in [2.24, 2.45) is 11.8 Å². The molecule has 0 heterocycles. The van der Waals surface area contributed by atoms with E-state index in [0.717, 1.165) is 19.3 Å². The van der Waals surface area contributed by atoms with Crippen molar-refractivity contribution in [3.63, 3.8) is 0 Å². The van der Waals surface area contributed by atoms with Gasteiger partial charge in [0.25, 0.3) is 0 Å². The molecule has 1 saturated carbocycles. The molecule has 1 aliphatic rings. The van der Waals surface area contributed by atoms with Crippen LogP contribution in [0.4, 0.5) is 0 Å². The molecule has 0 saturated heterocycles. The Labute approximate surface area is 72.0 Å². The van der Waals surface area contributed by atoms with Crippen LogP contribution in [0.5, 0.6) is 0 Å². The Morgan fingerprint density at radius 2 is 2.09 bits per heavy atom. The van der Waals surface area contributed by atoms with E-state index in [-0.39, 0.29) is 11.9 Å². The van der Waals surface area contributed by atoms with E-state index in [1.165, 1.54) is 6.42 Å². The van der Waals surface area contributed by atoms with Gasteiger partial charge in [-0.15, -0.1) is 0 Å². The summed E-state index contributed by atoms with van der Waals surface area (Å²) in [5.41, 5.74) is 0. The molecule has 0 spiro atoms. The Bertz CT molecular complexity index is 147. The van der Waals surface area contributed by atoms with Crippen LogP contribution in [0.25, 0.3) is 0 Å². The maximum Gasteiger partial charge on any atom is 0.328 e. The highest BCUT2D eigenvalue weighted by Crippen LogP contribution is 2.30. The van der Waals surface area contributed by atoms with E-state index >= 15 is 0 Å². The van der Waals surface area contributed by atoms with Crippen LogP contribution in [0.2, 0.25) is 0 Å². The van der Waals surface area contributed by atoms with E-state index in [9.17, 15) is 4.79 Å². The Balaban J connectivity index is 2.47. The number of carbonyl (C=O) groups is 1. The highest BCUT2D eigenvalue weighted by molar-refractivity contribution is 6.13. The van der Waals surface area contributed by atoms with Gasteiger partial charge in [-0.1, -0.05) is 19.8 Å². The van der Waals surface area contributed by atoms with Crippen LogP contribution < -0.4 is 0 Å². The van der Waals surface area contributed by atoms with Crippen molar-refractivity contribution < 1.29 is 9.08 Å². The molecule has 0 aromatic heterocycles. The minimum absolute atomic E-state index is 0.0428. The van der Waals surface area contributed by atoms with Crippen LogP contribution in [-0.4, -0.2) is 5.97 Å². The third-order valence-electron chi connectivity index (χ3n) is 2.49. The van der Waals surface area contributed by atoms with Crippen molar-refractivity contribution in [3.05, 3.63) is 0 Å². The second kappa shape index (κ2) is 3.96. The predicted molar refractivity (Wildman–Crippen MR) is 43.1 cm³/mol. The van der Waals surface area contributed by atoms with Crippen LogP contribution in [0.15, 0.2) is 0 Å². The van der Waals surface area contributed by atoms with E-state index < -0.39 is 0 Å². The van der Waals surface area contributed by atoms with Crippen LogP contribution >= 0.6 is 11.9 Å². The predicted octanol–water partition coefficient (Wildman–Crippen LogP) is 2.51. The molecule has 2 unspecified atom stereocenters. The second-order valence-electron chi connectivity index (χ2n) is 3.26. The number of hydrogen-bond donors (Lipinski definition) is 0. The summed E-state index contributed by atoms with van der Waals surface area (Å²) in [7, 11) is 0. The fourth-order valence-electron chi connectivity index (χ4n) is 1.72. The Morgan fingerprint density at radius 3 is 2.64 bits per heavy atom. The van der Waals surface area contributed by atoms with Crippen molar-refractivity contribution >= 4 is 17.8 Å². The first-order chi connectivity index (χ1) is 5.25. The van der Waals surface area contributed by atoms with Crippen molar-refractivity contribution in [1.29, 1.82) is 0 Å². The fourth-order valence-corrected chi connectivity index (χ4v) is 1.84. The van der Waals surface area contributed by atoms with Crippen LogP contribution in [0.3, 0.4) is 0 Å². The van der Waals surface area contributed by atoms with Crippen molar-refractivity contribution in [3.8, 4) is 0 Å². The Kier molecular flexibility index (Phi) is 3.18. The lowest BCUT2D eigenvalue weighted by Gasteiger charge is -2.25. The number of hydrogen-bond acceptors (Lipinski definition) is 2. The SMILES string of the molecule is CC1CCCCC1C(=O)OCl. The Morgan fingerprint density at radius 1 is 1.45 bits per heavy atom. The average Bonchev–Trinajstić information content (AvgIpc) is 2.04. The lowest BCUT2D eigenvalue weighted by atomic mass is 9.81. The van der Waals surface area contributed by atoms with Crippen LogP contribution in [0, 0.1) is 11.8 Å². The lowest BCUT2D eigenvalue weighted by molar-refractivity contribution is -0.141. The molecular weight excluding hydrogens is 164 g/mol. The molecule has 1 fully saturated rings. The molecule has 11 heavy (non-hydrogen) atoms. The average molecular weight is 177 g/mol. The summed E-state index contributed by atoms with van der Waals surface area (Å²) in [4.78, 5) is 11.0. The monoisotopic (exact) mass is 176 g/mol. The first-order valence-corrected chi connectivity index (χ1v) is 4.39. The largest absolute Gasteiger partial charge is 0.347 e. The zero-order valence-corrected chi connectivity index (χ0v) is 7.43. The summed E-state index contributed by atoms with van der Waals surface area (Å²) in [6.07, 6.45) is 4.41. The van der Waals surface area contributed by atoms with Crippen molar-refractivity contribution in [1.82, 2.24) is 0 Å². The molecule has 0 aromatic carbocycles. The highest BCUT2D eigenvalue weighted by Gasteiger charge is 2.28. The maximum absolute atomic E-state index is 11.0. The van der Waals surface area contributed by atoms with E-state index in [1.54, 1.807) is 0 Å². The van der Waals surface area contributed by atoms with Crippen molar-refractivity contribution in [2.45, 2.75) is 32.6 Å². The molecule has 0 bridgehead atoms. The first-order valence-electron chi connectivity index (χ1n) is 4.08. The van der Waals surface area contributed by atoms with E-state index in [1.807, 2.05) is 0 Å². The van der Waals surface area contributed by atoms with E-state index in [4.69, 9.17) is 11.9 Å². The zero-order chi connectivity index (χ0) is 8.27. The van der Waals surface area contributed by atoms with Gasteiger partial charge in [0, 0.05) is 0 Å². The molecular formula is C8H13ClO2. The molecule has 2 nitrogen and oxygen atoms in total. The number of rotatable bonds is 1. The molecule has 3 heteroatoms. The zero-order valence-electron chi connectivity index (χ0n) is 6.68. The van der Waals surface area contributed by atoms with E-state index in [2.05, 4.69) is 11.2 Å².